The third-order valence-corrected chi connectivity index (χ3v) is 2.51. The Balaban J connectivity index is 3.02. The van der Waals surface area contributed by atoms with Gasteiger partial charge in [0.05, 0.1) is 5.54 Å². The maximum absolute atomic E-state index is 10.7. The second-order valence-corrected chi connectivity index (χ2v) is 5.41. The highest BCUT2D eigenvalue weighted by Gasteiger charge is 2.43. The van der Waals surface area contributed by atoms with Crippen molar-refractivity contribution >= 4 is 16.3 Å². The first-order valence-corrected chi connectivity index (χ1v) is 6.01. The van der Waals surface area contributed by atoms with Crippen molar-refractivity contribution in [1.82, 2.24) is 0 Å². The van der Waals surface area contributed by atoms with Crippen LogP contribution in [0.15, 0.2) is 17.6 Å². The Kier molecular flexibility index (Phi) is 3.15. The predicted octanol–water partition coefficient (Wildman–Crippen LogP) is 1.31. The Morgan fingerprint density at radius 1 is 1.56 bits per heavy atom. The van der Waals surface area contributed by atoms with Gasteiger partial charge in [0, 0.05) is 13.3 Å². The van der Waals surface area contributed by atoms with Crippen LogP contribution in [0, 0.1) is 0 Å². The molecule has 7 heteroatoms. The van der Waals surface area contributed by atoms with Gasteiger partial charge in [-0.1, -0.05) is 6.58 Å². The lowest BCUT2D eigenvalue weighted by Crippen LogP contribution is -2.46. The first-order chi connectivity index (χ1) is 7.05. The SMILES string of the molecule is C=CC1=NC(C)(C)CC(C)(OS(=O)(=O)O)O1. The molecule has 1 heterocycles. The summed E-state index contributed by atoms with van der Waals surface area (Å²) in [4.78, 5) is 4.18. The third-order valence-electron chi connectivity index (χ3n) is 1.94. The van der Waals surface area contributed by atoms with Gasteiger partial charge in [0.1, 0.15) is 0 Å². The lowest BCUT2D eigenvalue weighted by molar-refractivity contribution is -0.133. The van der Waals surface area contributed by atoms with Crippen LogP contribution in [-0.4, -0.2) is 30.2 Å². The molecule has 0 aliphatic carbocycles. The zero-order chi connectivity index (χ0) is 12.6. The van der Waals surface area contributed by atoms with E-state index in [-0.39, 0.29) is 12.3 Å². The molecule has 1 rings (SSSR count). The largest absolute Gasteiger partial charge is 0.444 e. The lowest BCUT2D eigenvalue weighted by atomic mass is 9.95. The average Bonchev–Trinajstić information content (AvgIpc) is 1.95. The number of aliphatic imine (C=N–C) groups is 1. The van der Waals surface area contributed by atoms with Crippen LogP contribution in [0.3, 0.4) is 0 Å². The minimum Gasteiger partial charge on any atom is -0.444 e. The summed E-state index contributed by atoms with van der Waals surface area (Å²) in [6, 6.07) is 0. The second-order valence-electron chi connectivity index (χ2n) is 4.39. The highest BCUT2D eigenvalue weighted by atomic mass is 32.3. The van der Waals surface area contributed by atoms with E-state index in [2.05, 4.69) is 15.8 Å². The molecule has 0 saturated heterocycles. The maximum atomic E-state index is 10.7. The molecule has 1 N–H and O–H groups in total. The summed E-state index contributed by atoms with van der Waals surface area (Å²) in [6.07, 6.45) is 1.55. The van der Waals surface area contributed by atoms with E-state index in [4.69, 9.17) is 9.29 Å². The third kappa shape index (κ3) is 3.58. The zero-order valence-electron chi connectivity index (χ0n) is 9.43. The summed E-state index contributed by atoms with van der Waals surface area (Å²) in [5, 5.41) is 0. The molecule has 0 aromatic rings. The average molecular weight is 249 g/mol. The van der Waals surface area contributed by atoms with Crippen LogP contribution in [0.25, 0.3) is 0 Å². The molecular formula is C9H15NO5S. The molecule has 1 unspecified atom stereocenters. The molecule has 0 fully saturated rings. The van der Waals surface area contributed by atoms with Gasteiger partial charge in [0.25, 0.3) is 0 Å². The van der Waals surface area contributed by atoms with E-state index in [0.29, 0.717) is 0 Å². The van der Waals surface area contributed by atoms with Gasteiger partial charge >= 0.3 is 10.4 Å². The van der Waals surface area contributed by atoms with Crippen LogP contribution in [0.2, 0.25) is 0 Å². The summed E-state index contributed by atoms with van der Waals surface area (Å²) >= 11 is 0. The lowest BCUT2D eigenvalue weighted by Gasteiger charge is -2.38. The molecule has 1 atom stereocenters. The summed E-state index contributed by atoms with van der Waals surface area (Å²) in [5.41, 5.74) is -0.554. The fourth-order valence-electron chi connectivity index (χ4n) is 1.76. The smallest absolute Gasteiger partial charge is 0.400 e. The van der Waals surface area contributed by atoms with Crippen LogP contribution in [-0.2, 0) is 19.3 Å². The van der Waals surface area contributed by atoms with E-state index in [1.54, 1.807) is 13.8 Å². The van der Waals surface area contributed by atoms with Gasteiger partial charge in [0.15, 0.2) is 0 Å². The highest BCUT2D eigenvalue weighted by Crippen LogP contribution is 2.33. The Morgan fingerprint density at radius 3 is 2.56 bits per heavy atom. The van der Waals surface area contributed by atoms with Crippen LogP contribution in [0.4, 0.5) is 0 Å². The van der Waals surface area contributed by atoms with Crippen molar-refractivity contribution in [2.75, 3.05) is 0 Å². The number of hydrogen-bond donors (Lipinski definition) is 1. The van der Waals surface area contributed by atoms with Gasteiger partial charge < -0.3 is 4.74 Å². The van der Waals surface area contributed by atoms with Crippen molar-refractivity contribution in [3.05, 3.63) is 12.7 Å². The summed E-state index contributed by atoms with van der Waals surface area (Å²) in [6.45, 7) is 8.50. The van der Waals surface area contributed by atoms with Crippen molar-refractivity contribution in [3.8, 4) is 0 Å². The molecule has 6 nitrogen and oxygen atoms in total. The van der Waals surface area contributed by atoms with Crippen molar-refractivity contribution in [3.63, 3.8) is 0 Å². The maximum Gasteiger partial charge on any atom is 0.400 e. The van der Waals surface area contributed by atoms with Gasteiger partial charge in [-0.3, -0.25) is 4.55 Å². The molecule has 16 heavy (non-hydrogen) atoms. The first-order valence-electron chi connectivity index (χ1n) is 4.65. The number of rotatable bonds is 3. The molecule has 0 amide bonds. The number of hydrogen-bond acceptors (Lipinski definition) is 5. The van der Waals surface area contributed by atoms with Crippen LogP contribution < -0.4 is 0 Å². The molecule has 0 radical (unpaired) electrons. The quantitative estimate of drug-likeness (QED) is 0.762. The minimum absolute atomic E-state index is 0.183. The fraction of sp³-hybridized carbons (Fsp3) is 0.667. The highest BCUT2D eigenvalue weighted by molar-refractivity contribution is 7.80. The van der Waals surface area contributed by atoms with E-state index in [1.807, 2.05) is 0 Å². The molecule has 0 bridgehead atoms. The van der Waals surface area contributed by atoms with Gasteiger partial charge in [-0.25, -0.2) is 9.18 Å². The van der Waals surface area contributed by atoms with E-state index < -0.39 is 21.7 Å². The van der Waals surface area contributed by atoms with Crippen molar-refractivity contribution < 1.29 is 21.9 Å². The van der Waals surface area contributed by atoms with Crippen molar-refractivity contribution in [2.24, 2.45) is 4.99 Å². The van der Waals surface area contributed by atoms with Gasteiger partial charge in [0.2, 0.25) is 11.7 Å². The molecule has 92 valence electrons. The first kappa shape index (κ1) is 13.1. The Bertz CT molecular complexity index is 425. The molecular weight excluding hydrogens is 234 g/mol. The van der Waals surface area contributed by atoms with E-state index in [1.165, 1.54) is 13.0 Å². The van der Waals surface area contributed by atoms with Gasteiger partial charge in [-0.15, -0.1) is 0 Å². The zero-order valence-corrected chi connectivity index (χ0v) is 10.2. The summed E-state index contributed by atoms with van der Waals surface area (Å²) < 4.78 is 39.8. The standard InChI is InChI=1S/C9H15NO5S/c1-5-7-10-8(2,3)6-9(4,14-7)15-16(11,12)13/h5H,1,6H2,2-4H3,(H,11,12,13). The molecule has 0 aromatic carbocycles. The monoisotopic (exact) mass is 249 g/mol. The molecule has 0 spiro atoms. The Hall–Kier alpha value is -0.920. The topological polar surface area (TPSA) is 85.2 Å². The summed E-state index contributed by atoms with van der Waals surface area (Å²) in [5.74, 6) is -1.29. The van der Waals surface area contributed by atoms with E-state index in [0.717, 1.165) is 0 Å². The van der Waals surface area contributed by atoms with Crippen LogP contribution in [0.5, 0.6) is 0 Å². The van der Waals surface area contributed by atoms with Crippen LogP contribution in [0.1, 0.15) is 27.2 Å². The molecule has 0 aromatic heterocycles. The number of ether oxygens (including phenoxy) is 1. The van der Waals surface area contributed by atoms with E-state index >= 15 is 0 Å². The van der Waals surface area contributed by atoms with Gasteiger partial charge in [-0.2, -0.15) is 8.42 Å². The van der Waals surface area contributed by atoms with Gasteiger partial charge in [-0.05, 0) is 19.9 Å². The molecule has 1 aliphatic rings. The Morgan fingerprint density at radius 2 is 2.12 bits per heavy atom. The molecule has 0 saturated carbocycles. The van der Waals surface area contributed by atoms with Crippen molar-refractivity contribution in [1.29, 1.82) is 0 Å². The second kappa shape index (κ2) is 3.83. The minimum atomic E-state index is -4.58. The predicted molar refractivity (Wildman–Crippen MR) is 58.5 cm³/mol. The molecule has 1 aliphatic heterocycles. The van der Waals surface area contributed by atoms with Crippen LogP contribution >= 0.6 is 0 Å². The fourth-order valence-corrected chi connectivity index (χ4v) is 2.30. The van der Waals surface area contributed by atoms with Crippen molar-refractivity contribution in [2.45, 2.75) is 38.5 Å². The normalized spacial score (nSPS) is 29.1. The van der Waals surface area contributed by atoms with E-state index in [9.17, 15) is 8.42 Å². The number of nitrogens with zero attached hydrogens (tertiary/aromatic N) is 1. The Labute approximate surface area is 94.9 Å². The summed E-state index contributed by atoms with van der Waals surface area (Å²) in [7, 11) is -4.58.